The van der Waals surface area contributed by atoms with Gasteiger partial charge in [-0.15, -0.1) is 0 Å². The van der Waals surface area contributed by atoms with E-state index < -0.39 is 0 Å². The lowest BCUT2D eigenvalue weighted by Gasteiger charge is -2.11. The summed E-state index contributed by atoms with van der Waals surface area (Å²) >= 11 is 0. The van der Waals surface area contributed by atoms with Crippen molar-refractivity contribution in [2.24, 2.45) is 0 Å². The molecule has 1 aliphatic heterocycles. The number of rotatable bonds is 5. The molecule has 2 aromatic rings. The fraction of sp³-hybridized carbons (Fsp3) is 0.368. The lowest BCUT2D eigenvalue weighted by molar-refractivity contribution is 0.326. The number of benzene rings is 2. The molecule has 1 heterocycles. The SMILES string of the molecule is CC(C)c1ccc(CNCC2COc3ccccc32)cc1. The molecule has 0 spiro atoms. The molecule has 0 bridgehead atoms. The van der Waals surface area contributed by atoms with Gasteiger partial charge < -0.3 is 10.1 Å². The van der Waals surface area contributed by atoms with E-state index in [1.54, 1.807) is 0 Å². The van der Waals surface area contributed by atoms with Crippen LogP contribution in [0.1, 0.15) is 42.4 Å². The van der Waals surface area contributed by atoms with Crippen molar-refractivity contribution in [3.05, 3.63) is 65.2 Å². The Morgan fingerprint density at radius 2 is 1.86 bits per heavy atom. The number of ether oxygens (including phenoxy) is 1. The van der Waals surface area contributed by atoms with Crippen molar-refractivity contribution in [1.29, 1.82) is 0 Å². The van der Waals surface area contributed by atoms with Gasteiger partial charge in [0, 0.05) is 24.6 Å². The van der Waals surface area contributed by atoms with Crippen LogP contribution in [0.5, 0.6) is 5.75 Å². The van der Waals surface area contributed by atoms with Gasteiger partial charge in [0.2, 0.25) is 0 Å². The van der Waals surface area contributed by atoms with E-state index in [9.17, 15) is 0 Å². The second-order valence-corrected chi connectivity index (χ2v) is 6.07. The lowest BCUT2D eigenvalue weighted by atomic mass is 10.0. The third-order valence-corrected chi connectivity index (χ3v) is 4.17. The summed E-state index contributed by atoms with van der Waals surface area (Å²) in [5.41, 5.74) is 4.07. The topological polar surface area (TPSA) is 21.3 Å². The van der Waals surface area contributed by atoms with Gasteiger partial charge in [-0.1, -0.05) is 56.3 Å². The van der Waals surface area contributed by atoms with E-state index in [0.717, 1.165) is 25.4 Å². The number of para-hydroxylation sites is 1. The van der Waals surface area contributed by atoms with Crippen molar-refractivity contribution >= 4 is 0 Å². The molecule has 2 heteroatoms. The highest BCUT2D eigenvalue weighted by Gasteiger charge is 2.22. The summed E-state index contributed by atoms with van der Waals surface area (Å²) in [6.07, 6.45) is 0. The first-order valence-corrected chi connectivity index (χ1v) is 7.75. The molecule has 0 fully saturated rings. The van der Waals surface area contributed by atoms with Crippen LogP contribution < -0.4 is 10.1 Å². The Hall–Kier alpha value is -1.80. The summed E-state index contributed by atoms with van der Waals surface area (Å²) < 4.78 is 5.72. The zero-order valence-electron chi connectivity index (χ0n) is 12.8. The second-order valence-electron chi connectivity index (χ2n) is 6.07. The van der Waals surface area contributed by atoms with Crippen LogP contribution in [0.25, 0.3) is 0 Å². The molecule has 1 atom stereocenters. The molecule has 0 radical (unpaired) electrons. The highest BCUT2D eigenvalue weighted by molar-refractivity contribution is 5.39. The molecule has 21 heavy (non-hydrogen) atoms. The molecule has 0 saturated carbocycles. The molecule has 0 aliphatic carbocycles. The zero-order chi connectivity index (χ0) is 14.7. The van der Waals surface area contributed by atoms with Gasteiger partial charge in [0.15, 0.2) is 0 Å². The summed E-state index contributed by atoms with van der Waals surface area (Å²) in [6, 6.07) is 17.3. The quantitative estimate of drug-likeness (QED) is 0.891. The van der Waals surface area contributed by atoms with Crippen molar-refractivity contribution in [3.63, 3.8) is 0 Å². The fourth-order valence-corrected chi connectivity index (χ4v) is 2.81. The molecule has 3 rings (SSSR count). The molecular formula is C19H23NO. The average Bonchev–Trinajstić information content (AvgIpc) is 2.91. The van der Waals surface area contributed by atoms with Crippen molar-refractivity contribution in [1.82, 2.24) is 5.32 Å². The summed E-state index contributed by atoms with van der Waals surface area (Å²) in [7, 11) is 0. The maximum atomic E-state index is 5.72. The monoisotopic (exact) mass is 281 g/mol. The third-order valence-electron chi connectivity index (χ3n) is 4.17. The van der Waals surface area contributed by atoms with E-state index in [1.807, 2.05) is 6.07 Å². The van der Waals surface area contributed by atoms with Gasteiger partial charge in [0.05, 0.1) is 6.61 Å². The van der Waals surface area contributed by atoms with Crippen LogP contribution in [0.15, 0.2) is 48.5 Å². The largest absolute Gasteiger partial charge is 0.493 e. The normalized spacial score (nSPS) is 16.8. The Kier molecular flexibility index (Phi) is 4.26. The van der Waals surface area contributed by atoms with Gasteiger partial charge in [-0.2, -0.15) is 0 Å². The van der Waals surface area contributed by atoms with Gasteiger partial charge >= 0.3 is 0 Å². The molecule has 110 valence electrons. The minimum Gasteiger partial charge on any atom is -0.493 e. The van der Waals surface area contributed by atoms with Crippen LogP contribution in [0.3, 0.4) is 0 Å². The van der Waals surface area contributed by atoms with Crippen LogP contribution in [0.2, 0.25) is 0 Å². The molecule has 0 amide bonds. The third kappa shape index (κ3) is 3.27. The minimum absolute atomic E-state index is 0.469. The molecule has 0 aromatic heterocycles. The highest BCUT2D eigenvalue weighted by Crippen LogP contribution is 2.32. The Balaban J connectivity index is 1.53. The smallest absolute Gasteiger partial charge is 0.122 e. The number of hydrogen-bond acceptors (Lipinski definition) is 2. The van der Waals surface area contributed by atoms with Gasteiger partial charge in [0.25, 0.3) is 0 Å². The highest BCUT2D eigenvalue weighted by atomic mass is 16.5. The van der Waals surface area contributed by atoms with Crippen LogP contribution in [-0.2, 0) is 6.54 Å². The van der Waals surface area contributed by atoms with E-state index in [4.69, 9.17) is 4.74 Å². The van der Waals surface area contributed by atoms with Gasteiger partial charge in [-0.05, 0) is 23.1 Å². The predicted molar refractivity (Wildman–Crippen MR) is 86.9 cm³/mol. The molecular weight excluding hydrogens is 258 g/mol. The molecule has 0 saturated heterocycles. The molecule has 1 unspecified atom stereocenters. The first-order valence-electron chi connectivity index (χ1n) is 7.75. The number of hydrogen-bond donors (Lipinski definition) is 1. The first kappa shape index (κ1) is 14.2. The summed E-state index contributed by atoms with van der Waals surface area (Å²) in [5, 5.41) is 3.55. The lowest BCUT2D eigenvalue weighted by Crippen LogP contribution is -2.22. The Morgan fingerprint density at radius 3 is 2.62 bits per heavy atom. The summed E-state index contributed by atoms with van der Waals surface area (Å²) in [6.45, 7) is 7.12. The molecule has 2 nitrogen and oxygen atoms in total. The molecule has 1 N–H and O–H groups in total. The fourth-order valence-electron chi connectivity index (χ4n) is 2.81. The zero-order valence-corrected chi connectivity index (χ0v) is 12.8. The molecule has 2 aromatic carbocycles. The van der Waals surface area contributed by atoms with E-state index in [2.05, 4.69) is 61.6 Å². The van der Waals surface area contributed by atoms with Crippen molar-refractivity contribution in [2.75, 3.05) is 13.2 Å². The van der Waals surface area contributed by atoms with Crippen LogP contribution in [-0.4, -0.2) is 13.2 Å². The summed E-state index contributed by atoms with van der Waals surface area (Å²) in [4.78, 5) is 0. The minimum atomic E-state index is 0.469. The number of fused-ring (bicyclic) bond motifs is 1. The Morgan fingerprint density at radius 1 is 1.10 bits per heavy atom. The van der Waals surface area contributed by atoms with Crippen molar-refractivity contribution in [3.8, 4) is 5.75 Å². The molecule has 1 aliphatic rings. The van der Waals surface area contributed by atoms with Crippen LogP contribution in [0.4, 0.5) is 0 Å². The maximum Gasteiger partial charge on any atom is 0.122 e. The predicted octanol–water partition coefficient (Wildman–Crippen LogP) is 4.08. The van der Waals surface area contributed by atoms with Gasteiger partial charge in [0.1, 0.15) is 5.75 Å². The van der Waals surface area contributed by atoms with Crippen molar-refractivity contribution in [2.45, 2.75) is 32.2 Å². The van der Waals surface area contributed by atoms with E-state index >= 15 is 0 Å². The van der Waals surface area contributed by atoms with E-state index in [0.29, 0.717) is 11.8 Å². The van der Waals surface area contributed by atoms with Gasteiger partial charge in [-0.3, -0.25) is 0 Å². The number of nitrogens with one attached hydrogen (secondary N) is 1. The average molecular weight is 281 g/mol. The standard InChI is InChI=1S/C19H23NO/c1-14(2)16-9-7-15(8-10-16)11-20-12-17-13-21-19-6-4-3-5-18(17)19/h3-10,14,17,20H,11-13H2,1-2H3. The van der Waals surface area contributed by atoms with Crippen molar-refractivity contribution < 1.29 is 4.74 Å². The van der Waals surface area contributed by atoms with Gasteiger partial charge in [-0.25, -0.2) is 0 Å². The first-order chi connectivity index (χ1) is 10.2. The van der Waals surface area contributed by atoms with E-state index in [-0.39, 0.29) is 0 Å². The Bertz CT molecular complexity index is 589. The Labute approximate surface area is 127 Å². The van der Waals surface area contributed by atoms with Crippen LogP contribution >= 0.6 is 0 Å². The second kappa shape index (κ2) is 6.31. The van der Waals surface area contributed by atoms with E-state index in [1.165, 1.54) is 16.7 Å². The summed E-state index contributed by atoms with van der Waals surface area (Å²) in [5.74, 6) is 2.11. The van der Waals surface area contributed by atoms with Crippen LogP contribution in [0, 0.1) is 0 Å². The maximum absolute atomic E-state index is 5.72.